The predicted molar refractivity (Wildman–Crippen MR) is 139 cm³/mol. The summed E-state index contributed by atoms with van der Waals surface area (Å²) in [5.41, 5.74) is 0. The average molecular weight is 492 g/mol. The maximum absolute atomic E-state index is 8.54. The molecule has 2 aromatic rings. The molecule has 0 aromatic heterocycles. The van der Waals surface area contributed by atoms with Gasteiger partial charge >= 0.3 is 0 Å². The van der Waals surface area contributed by atoms with Gasteiger partial charge < -0.3 is 4.43 Å². The maximum atomic E-state index is 8.54. The van der Waals surface area contributed by atoms with Crippen LogP contribution in [0.1, 0.15) is 81.3 Å². The number of halogens is 1. The zero-order valence-electron chi connectivity index (χ0n) is 21.1. The highest BCUT2D eigenvalue weighted by Gasteiger charge is 2.49. The van der Waals surface area contributed by atoms with Gasteiger partial charge in [0.15, 0.2) is 0 Å². The summed E-state index contributed by atoms with van der Waals surface area (Å²) < 4.78 is 24.0. The largest absolute Gasteiger partial charge is 0.407 e. The van der Waals surface area contributed by atoms with Crippen LogP contribution in [-0.2, 0) is 4.43 Å². The Kier molecular flexibility index (Phi) is 10.0. The number of benzene rings is 2. The van der Waals surface area contributed by atoms with E-state index in [1.54, 1.807) is 0 Å². The van der Waals surface area contributed by atoms with Crippen molar-refractivity contribution in [3.8, 4) is 0 Å². The van der Waals surface area contributed by atoms with Crippen molar-refractivity contribution in [2.24, 2.45) is 0 Å². The molecule has 1 nitrogen and oxygen atoms in total. The molecule has 0 radical (unpaired) electrons. The molecule has 166 valence electrons. The molecule has 0 fully saturated rings. The van der Waals surface area contributed by atoms with Gasteiger partial charge in [0.05, 0.1) is 0 Å². The summed E-state index contributed by atoms with van der Waals surface area (Å²) in [5.74, 6) is 0. The lowest BCUT2D eigenvalue weighted by Crippen LogP contribution is -2.66. The molecular weight excluding hydrogens is 448 g/mol. The van der Waals surface area contributed by atoms with E-state index in [4.69, 9.17) is 7.17 Å². The summed E-state index contributed by atoms with van der Waals surface area (Å²) in [6.07, 6.45) is 6.94. The lowest BCUT2D eigenvalue weighted by atomic mass is 10.1. The molecule has 3 heteroatoms. The molecule has 0 aliphatic carbocycles. The van der Waals surface area contributed by atoms with Crippen LogP contribution in [0.2, 0.25) is 5.04 Å². The van der Waals surface area contributed by atoms with Gasteiger partial charge in [-0.15, -0.1) is 0 Å². The third kappa shape index (κ3) is 7.35. The number of rotatable bonds is 14. The van der Waals surface area contributed by atoms with Crippen molar-refractivity contribution in [3.63, 3.8) is 0 Å². The zero-order chi connectivity index (χ0) is 23.5. The minimum absolute atomic E-state index is 0.0719. The Hall–Kier alpha value is -0.903. The normalized spacial score (nSPS) is 13.7. The lowest BCUT2D eigenvalue weighted by molar-refractivity contribution is 0.286. The van der Waals surface area contributed by atoms with E-state index in [1.807, 2.05) is 0 Å². The summed E-state index contributed by atoms with van der Waals surface area (Å²) in [5, 5.41) is 3.52. The molecule has 0 bridgehead atoms. The number of hydrogen-bond donors (Lipinski definition) is 0. The summed E-state index contributed by atoms with van der Waals surface area (Å²) in [4.78, 5) is 0. The molecule has 2 rings (SSSR count). The second-order valence-corrected chi connectivity index (χ2v) is 14.2. The first-order valence-electron chi connectivity index (χ1n) is 12.5. The summed E-state index contributed by atoms with van der Waals surface area (Å²) in [6.45, 7) is 7.25. The molecule has 0 aliphatic rings. The first kappa shape index (κ1) is 22.3. The van der Waals surface area contributed by atoms with Gasteiger partial charge in [-0.1, -0.05) is 142 Å². The molecule has 0 aliphatic heterocycles. The molecule has 0 atom stereocenters. The van der Waals surface area contributed by atoms with Crippen LogP contribution >= 0.6 is 15.9 Å². The van der Waals surface area contributed by atoms with Crippen molar-refractivity contribution < 1.29 is 7.17 Å². The number of hydrogen-bond acceptors (Lipinski definition) is 1. The topological polar surface area (TPSA) is 9.23 Å². The van der Waals surface area contributed by atoms with Crippen molar-refractivity contribution in [1.29, 1.82) is 0 Å². The Balaban J connectivity index is 2.06. The third-order valence-corrected chi connectivity index (χ3v) is 11.4. The van der Waals surface area contributed by atoms with E-state index in [-0.39, 0.29) is 5.04 Å². The van der Waals surface area contributed by atoms with Crippen LogP contribution < -0.4 is 10.4 Å². The van der Waals surface area contributed by atoms with Gasteiger partial charge in [-0.2, -0.15) is 0 Å². The van der Waals surface area contributed by atoms with Crippen LogP contribution in [0.15, 0.2) is 60.7 Å². The fraction of sp³-hybridized carbons (Fsp3) is 0.556. The SMILES string of the molecule is [2H]C([2H])(CCCCCCCCBr)CCO[Si](c1ccccc1)(c1ccccc1)C(C)(C)C. The van der Waals surface area contributed by atoms with E-state index >= 15 is 0 Å². The standard InChI is InChI=1S/C27H41BrOSi/c1-27(2,3)30(25-19-13-11-14-20-25,26-21-15-12-16-22-26)29-24-18-10-8-6-4-5-7-9-17-23-28/h11-16,19-22H,4-10,17-18,23-24H2,1-3H3/i10D2. The highest BCUT2D eigenvalue weighted by atomic mass is 79.9. The number of unbranched alkanes of at least 4 members (excludes halogenated alkanes) is 5. The monoisotopic (exact) mass is 490 g/mol. The third-order valence-electron chi connectivity index (χ3n) is 5.75. The van der Waals surface area contributed by atoms with Crippen LogP contribution in [-0.4, -0.2) is 20.3 Å². The summed E-state index contributed by atoms with van der Waals surface area (Å²) in [7, 11) is -2.58. The Morgan fingerprint density at radius 3 is 1.67 bits per heavy atom. The van der Waals surface area contributed by atoms with Crippen LogP contribution in [0.4, 0.5) is 0 Å². The van der Waals surface area contributed by atoms with Gasteiger partial charge in [-0.3, -0.25) is 0 Å². The quantitative estimate of drug-likeness (QED) is 0.151. The molecule has 0 spiro atoms. The fourth-order valence-electron chi connectivity index (χ4n) is 4.21. The van der Waals surface area contributed by atoms with E-state index in [0.717, 1.165) is 18.2 Å². The second-order valence-electron chi connectivity index (χ2n) is 9.07. The molecule has 0 heterocycles. The molecule has 2 aromatic carbocycles. The average Bonchev–Trinajstić information content (AvgIpc) is 2.76. The fourth-order valence-corrected chi connectivity index (χ4v) is 9.17. The van der Waals surface area contributed by atoms with E-state index in [1.165, 1.54) is 36.1 Å². The van der Waals surface area contributed by atoms with Crippen molar-refractivity contribution in [1.82, 2.24) is 0 Å². The Morgan fingerprint density at radius 2 is 1.20 bits per heavy atom. The highest BCUT2D eigenvalue weighted by molar-refractivity contribution is 9.09. The molecule has 0 N–H and O–H groups in total. The zero-order valence-corrected chi connectivity index (χ0v) is 21.7. The molecular formula is C27H41BrOSi. The Bertz CT molecular complexity index is 723. The van der Waals surface area contributed by atoms with Gasteiger partial charge in [-0.05, 0) is 28.3 Å². The summed E-state index contributed by atoms with van der Waals surface area (Å²) >= 11 is 3.48. The van der Waals surface area contributed by atoms with Gasteiger partial charge in [-0.25, -0.2) is 0 Å². The second kappa shape index (κ2) is 13.5. The van der Waals surface area contributed by atoms with Crippen LogP contribution in [0.3, 0.4) is 0 Å². The molecule has 0 saturated heterocycles. The van der Waals surface area contributed by atoms with Gasteiger partial charge in [0.2, 0.25) is 0 Å². The minimum atomic E-state index is -2.58. The summed E-state index contributed by atoms with van der Waals surface area (Å²) in [6, 6.07) is 21.2. The maximum Gasteiger partial charge on any atom is 0.261 e. The Morgan fingerprint density at radius 1 is 0.733 bits per heavy atom. The smallest absolute Gasteiger partial charge is 0.261 e. The van der Waals surface area contributed by atoms with E-state index in [2.05, 4.69) is 97.4 Å². The van der Waals surface area contributed by atoms with Crippen LogP contribution in [0.5, 0.6) is 0 Å². The lowest BCUT2D eigenvalue weighted by Gasteiger charge is -2.43. The first-order chi connectivity index (χ1) is 15.2. The van der Waals surface area contributed by atoms with Crippen molar-refractivity contribution in [2.45, 2.75) is 83.5 Å². The van der Waals surface area contributed by atoms with Crippen molar-refractivity contribution >= 4 is 34.6 Å². The van der Waals surface area contributed by atoms with E-state index < -0.39 is 14.7 Å². The minimum Gasteiger partial charge on any atom is -0.407 e. The first-order valence-corrected chi connectivity index (χ1v) is 14.6. The molecule has 0 amide bonds. The predicted octanol–water partition coefficient (Wildman–Crippen LogP) is 7.47. The van der Waals surface area contributed by atoms with Crippen molar-refractivity contribution in [3.05, 3.63) is 60.7 Å². The molecule has 0 unspecified atom stereocenters. The van der Waals surface area contributed by atoms with E-state index in [0.29, 0.717) is 19.4 Å². The molecule has 30 heavy (non-hydrogen) atoms. The van der Waals surface area contributed by atoms with Gasteiger partial charge in [0.25, 0.3) is 8.32 Å². The van der Waals surface area contributed by atoms with Crippen LogP contribution in [0, 0.1) is 0 Å². The highest BCUT2D eigenvalue weighted by Crippen LogP contribution is 2.36. The van der Waals surface area contributed by atoms with Gasteiger partial charge in [0.1, 0.15) is 0 Å². The van der Waals surface area contributed by atoms with E-state index in [9.17, 15) is 0 Å². The Labute approximate surface area is 197 Å². The van der Waals surface area contributed by atoms with Gasteiger partial charge in [0, 0.05) is 14.7 Å². The number of alkyl halides is 1. The van der Waals surface area contributed by atoms with Crippen molar-refractivity contribution in [2.75, 3.05) is 11.9 Å². The van der Waals surface area contributed by atoms with Crippen LogP contribution in [0.25, 0.3) is 0 Å². The molecule has 0 saturated carbocycles.